The summed E-state index contributed by atoms with van der Waals surface area (Å²) in [5.74, 6) is -0.157. The third-order valence-corrected chi connectivity index (χ3v) is 5.59. The van der Waals surface area contributed by atoms with Crippen LogP contribution >= 0.6 is 11.3 Å². The topological polar surface area (TPSA) is 81.4 Å². The van der Waals surface area contributed by atoms with Crippen LogP contribution in [0.2, 0.25) is 0 Å². The van der Waals surface area contributed by atoms with Crippen molar-refractivity contribution in [2.24, 2.45) is 5.73 Å². The van der Waals surface area contributed by atoms with Gasteiger partial charge in [0.2, 0.25) is 5.91 Å². The zero-order valence-electron chi connectivity index (χ0n) is 17.4. The Hall–Kier alpha value is -3.38. The number of benzene rings is 2. The van der Waals surface area contributed by atoms with Gasteiger partial charge in [-0.05, 0) is 52.8 Å². The fourth-order valence-electron chi connectivity index (χ4n) is 3.13. The number of nitrogens with two attached hydrogens (primary N) is 1. The molecule has 0 saturated carbocycles. The molecule has 31 heavy (non-hydrogen) atoms. The normalized spacial score (nSPS) is 11.9. The van der Waals surface area contributed by atoms with Crippen molar-refractivity contribution in [3.05, 3.63) is 93.7 Å². The highest BCUT2D eigenvalue weighted by Crippen LogP contribution is 2.26. The number of aryl methyl sites for hydroxylation is 1. The van der Waals surface area contributed by atoms with Gasteiger partial charge >= 0.3 is 0 Å². The van der Waals surface area contributed by atoms with E-state index in [1.165, 1.54) is 11.6 Å². The molecule has 3 rings (SSSR count). The molecule has 3 aromatic rings. The molecule has 6 heteroatoms. The van der Waals surface area contributed by atoms with E-state index in [2.05, 4.69) is 36.5 Å². The summed E-state index contributed by atoms with van der Waals surface area (Å²) in [6.07, 6.45) is 5.41. The maximum absolute atomic E-state index is 12.6. The van der Waals surface area contributed by atoms with Crippen molar-refractivity contribution in [3.63, 3.8) is 0 Å². The minimum Gasteiger partial charge on any atom is -0.484 e. The third-order valence-electron chi connectivity index (χ3n) is 4.65. The summed E-state index contributed by atoms with van der Waals surface area (Å²) < 4.78 is 5.24. The fourth-order valence-corrected chi connectivity index (χ4v) is 3.93. The van der Waals surface area contributed by atoms with Crippen molar-refractivity contribution < 1.29 is 14.3 Å². The molecule has 0 saturated heterocycles. The number of amides is 2. The van der Waals surface area contributed by atoms with Crippen LogP contribution in [0.15, 0.2) is 72.1 Å². The third kappa shape index (κ3) is 6.83. The standard InChI is InChI=1S/C25H26N2O3S/c1-2-4-18-6-11-20(12-7-18)25(22-5-3-16-31-22)27-24(29)15-10-19-8-13-21(14-9-19)30-17-23(26)28/h3,5-16,25H,2,4,17H2,1H3,(H2,26,28)(H,27,29)/b15-10+. The van der Waals surface area contributed by atoms with E-state index in [0.29, 0.717) is 5.75 Å². The van der Waals surface area contributed by atoms with Gasteiger partial charge in [0.1, 0.15) is 5.75 Å². The molecule has 0 bridgehead atoms. The highest BCUT2D eigenvalue weighted by Gasteiger charge is 2.16. The minimum atomic E-state index is -0.527. The molecule has 2 aromatic carbocycles. The highest BCUT2D eigenvalue weighted by atomic mass is 32.1. The Balaban J connectivity index is 1.67. The zero-order chi connectivity index (χ0) is 22.1. The van der Waals surface area contributed by atoms with E-state index < -0.39 is 5.91 Å². The second-order valence-corrected chi connectivity index (χ2v) is 8.09. The van der Waals surface area contributed by atoms with E-state index in [1.54, 1.807) is 29.5 Å². The van der Waals surface area contributed by atoms with Gasteiger partial charge < -0.3 is 15.8 Å². The van der Waals surface area contributed by atoms with Crippen molar-refractivity contribution in [3.8, 4) is 5.75 Å². The van der Waals surface area contributed by atoms with Gasteiger partial charge in [0.25, 0.3) is 5.91 Å². The molecule has 0 spiro atoms. The zero-order valence-corrected chi connectivity index (χ0v) is 18.2. The van der Waals surface area contributed by atoms with Crippen LogP contribution in [0, 0.1) is 0 Å². The van der Waals surface area contributed by atoms with Crippen LogP contribution in [-0.4, -0.2) is 18.4 Å². The molecule has 5 nitrogen and oxygen atoms in total. The summed E-state index contributed by atoms with van der Waals surface area (Å²) in [7, 11) is 0. The molecular weight excluding hydrogens is 408 g/mol. The van der Waals surface area contributed by atoms with Crippen LogP contribution in [0.4, 0.5) is 0 Å². The van der Waals surface area contributed by atoms with Crippen molar-refractivity contribution in [2.45, 2.75) is 25.8 Å². The molecule has 0 aliphatic carbocycles. The lowest BCUT2D eigenvalue weighted by Gasteiger charge is -2.17. The summed E-state index contributed by atoms with van der Waals surface area (Å²) in [6, 6.07) is 19.3. The van der Waals surface area contributed by atoms with Crippen LogP contribution in [0.5, 0.6) is 5.75 Å². The first-order valence-electron chi connectivity index (χ1n) is 10.2. The summed E-state index contributed by atoms with van der Waals surface area (Å²) in [5.41, 5.74) is 8.27. The average molecular weight is 435 g/mol. The fraction of sp³-hybridized carbons (Fsp3) is 0.200. The monoisotopic (exact) mass is 434 g/mol. The number of primary amides is 1. The number of carbonyl (C=O) groups excluding carboxylic acids is 2. The maximum atomic E-state index is 12.6. The summed E-state index contributed by atoms with van der Waals surface area (Å²) in [6.45, 7) is 2.00. The first-order chi connectivity index (χ1) is 15.0. The molecular formula is C25H26N2O3S. The Labute approximate surface area is 186 Å². The van der Waals surface area contributed by atoms with Crippen molar-refractivity contribution in [1.29, 1.82) is 0 Å². The van der Waals surface area contributed by atoms with Gasteiger partial charge in [-0.3, -0.25) is 9.59 Å². The van der Waals surface area contributed by atoms with E-state index >= 15 is 0 Å². The highest BCUT2D eigenvalue weighted by molar-refractivity contribution is 7.10. The van der Waals surface area contributed by atoms with Gasteiger partial charge in [-0.2, -0.15) is 0 Å². The van der Waals surface area contributed by atoms with Crippen molar-refractivity contribution in [1.82, 2.24) is 5.32 Å². The number of ether oxygens (including phenoxy) is 1. The summed E-state index contributed by atoms with van der Waals surface area (Å²) in [5, 5.41) is 5.12. The summed E-state index contributed by atoms with van der Waals surface area (Å²) in [4.78, 5) is 24.5. The minimum absolute atomic E-state index is 0.166. The molecule has 1 unspecified atom stereocenters. The predicted molar refractivity (Wildman–Crippen MR) is 125 cm³/mol. The predicted octanol–water partition coefficient (Wildman–Crippen LogP) is 4.48. The van der Waals surface area contributed by atoms with Crippen LogP contribution < -0.4 is 15.8 Å². The van der Waals surface area contributed by atoms with E-state index in [4.69, 9.17) is 10.5 Å². The van der Waals surface area contributed by atoms with E-state index in [1.807, 2.05) is 29.6 Å². The Morgan fingerprint density at radius 2 is 1.84 bits per heavy atom. The number of nitrogens with one attached hydrogen (secondary N) is 1. The molecule has 2 amide bonds. The van der Waals surface area contributed by atoms with Crippen LogP contribution in [0.25, 0.3) is 6.08 Å². The molecule has 0 aliphatic rings. The molecule has 0 aliphatic heterocycles. The van der Waals surface area contributed by atoms with Crippen molar-refractivity contribution >= 4 is 29.2 Å². The molecule has 1 heterocycles. The molecule has 0 fully saturated rings. The molecule has 1 aromatic heterocycles. The molecule has 160 valence electrons. The quantitative estimate of drug-likeness (QED) is 0.462. The smallest absolute Gasteiger partial charge is 0.255 e. The molecule has 3 N–H and O–H groups in total. The first kappa shape index (κ1) is 22.3. The van der Waals surface area contributed by atoms with E-state index in [9.17, 15) is 9.59 Å². The van der Waals surface area contributed by atoms with Gasteiger partial charge in [0, 0.05) is 11.0 Å². The average Bonchev–Trinajstić information content (AvgIpc) is 3.31. The van der Waals surface area contributed by atoms with Gasteiger partial charge in [-0.1, -0.05) is 55.8 Å². The van der Waals surface area contributed by atoms with Crippen LogP contribution in [0.1, 0.15) is 41.0 Å². The number of rotatable bonds is 10. The Bertz CT molecular complexity index is 1010. The van der Waals surface area contributed by atoms with Gasteiger partial charge in [-0.15, -0.1) is 11.3 Å². The number of hydrogen-bond acceptors (Lipinski definition) is 4. The van der Waals surface area contributed by atoms with Crippen LogP contribution in [-0.2, 0) is 16.0 Å². The number of hydrogen-bond donors (Lipinski definition) is 2. The molecule has 0 radical (unpaired) electrons. The maximum Gasteiger partial charge on any atom is 0.255 e. The van der Waals surface area contributed by atoms with Crippen LogP contribution in [0.3, 0.4) is 0 Å². The largest absolute Gasteiger partial charge is 0.484 e. The Morgan fingerprint density at radius 1 is 1.10 bits per heavy atom. The molecule has 1 atom stereocenters. The number of carbonyl (C=O) groups is 2. The second kappa shape index (κ2) is 11.1. The lowest BCUT2D eigenvalue weighted by Crippen LogP contribution is -2.27. The van der Waals surface area contributed by atoms with E-state index in [-0.39, 0.29) is 18.6 Å². The SMILES string of the molecule is CCCc1ccc(C(NC(=O)/C=C/c2ccc(OCC(N)=O)cc2)c2cccs2)cc1. The lowest BCUT2D eigenvalue weighted by molar-refractivity contribution is -0.120. The Morgan fingerprint density at radius 3 is 2.45 bits per heavy atom. The van der Waals surface area contributed by atoms with Gasteiger partial charge in [-0.25, -0.2) is 0 Å². The van der Waals surface area contributed by atoms with Crippen molar-refractivity contribution in [2.75, 3.05) is 6.61 Å². The second-order valence-electron chi connectivity index (χ2n) is 7.11. The van der Waals surface area contributed by atoms with Gasteiger partial charge in [0.05, 0.1) is 6.04 Å². The van der Waals surface area contributed by atoms with E-state index in [0.717, 1.165) is 28.8 Å². The Kier molecular flexibility index (Phi) is 8.01. The summed E-state index contributed by atoms with van der Waals surface area (Å²) >= 11 is 1.62. The van der Waals surface area contributed by atoms with Gasteiger partial charge in [0.15, 0.2) is 6.61 Å². The number of thiophene rings is 1. The lowest BCUT2D eigenvalue weighted by atomic mass is 10.0. The first-order valence-corrected chi connectivity index (χ1v) is 11.0.